The molecular weight excluding hydrogens is 457 g/mol. The molecule has 6 nitrogen and oxygen atoms in total. The van der Waals surface area contributed by atoms with E-state index in [4.69, 9.17) is 23.2 Å². The molecule has 3 aromatic rings. The van der Waals surface area contributed by atoms with Crippen LogP contribution in [0.5, 0.6) is 5.88 Å². The first-order chi connectivity index (χ1) is 14.7. The molecule has 0 atom stereocenters. The van der Waals surface area contributed by atoms with Gasteiger partial charge in [-0.1, -0.05) is 48.3 Å². The van der Waals surface area contributed by atoms with Crippen LogP contribution in [-0.2, 0) is 26.3 Å². The van der Waals surface area contributed by atoms with E-state index in [0.717, 1.165) is 26.7 Å². The molecule has 1 heterocycles. The van der Waals surface area contributed by atoms with Crippen LogP contribution in [0.4, 0.5) is 5.69 Å². The fraction of sp³-hybridized carbons (Fsp3) is 0.227. The van der Waals surface area contributed by atoms with E-state index in [1.54, 1.807) is 18.2 Å². The van der Waals surface area contributed by atoms with Crippen molar-refractivity contribution in [1.29, 1.82) is 0 Å². The molecular formula is C22H21Cl2N3O3S. The Morgan fingerprint density at radius 3 is 2.35 bits per heavy atom. The first kappa shape index (κ1) is 23.2. The Kier molecular flexibility index (Phi) is 7.30. The van der Waals surface area contributed by atoms with Crippen LogP contribution in [0.2, 0.25) is 10.0 Å². The van der Waals surface area contributed by atoms with E-state index in [0.29, 0.717) is 21.5 Å². The first-order valence-corrected chi connectivity index (χ1v) is 11.2. The average Bonchev–Trinajstić information content (AvgIpc) is 2.76. The highest BCUT2D eigenvalue weighted by Crippen LogP contribution is 2.29. The van der Waals surface area contributed by atoms with Gasteiger partial charge in [0.15, 0.2) is 0 Å². The third-order valence-corrected chi connectivity index (χ3v) is 6.41. The van der Waals surface area contributed by atoms with Gasteiger partial charge in [0.1, 0.15) is 10.6 Å². The van der Waals surface area contributed by atoms with Crippen LogP contribution in [0.3, 0.4) is 0 Å². The van der Waals surface area contributed by atoms with Crippen molar-refractivity contribution in [3.8, 4) is 5.88 Å². The van der Waals surface area contributed by atoms with Gasteiger partial charge in [0, 0.05) is 29.9 Å². The summed E-state index contributed by atoms with van der Waals surface area (Å²) in [5, 5.41) is 11.9. The molecule has 1 N–H and O–H groups in total. The zero-order valence-corrected chi connectivity index (χ0v) is 19.6. The zero-order chi connectivity index (χ0) is 22.7. The van der Waals surface area contributed by atoms with Gasteiger partial charge >= 0.3 is 5.69 Å². The molecule has 0 saturated carbocycles. The van der Waals surface area contributed by atoms with E-state index in [-0.39, 0.29) is 10.6 Å². The van der Waals surface area contributed by atoms with E-state index in [1.165, 1.54) is 25.9 Å². The SMILES string of the molecule is CCc1ccc(N=C(SCc2ccc(Cl)cc2Cl)c2c(O)n(C)c(=O)n(C)c2=O)cc1. The van der Waals surface area contributed by atoms with E-state index in [1.807, 2.05) is 24.3 Å². The van der Waals surface area contributed by atoms with Gasteiger partial charge in [-0.05, 0) is 41.8 Å². The summed E-state index contributed by atoms with van der Waals surface area (Å²) in [6, 6.07) is 12.8. The minimum atomic E-state index is -0.626. The number of rotatable bonds is 5. The zero-order valence-electron chi connectivity index (χ0n) is 17.2. The molecule has 0 aliphatic heterocycles. The number of halogens is 2. The summed E-state index contributed by atoms with van der Waals surface area (Å²) in [6.45, 7) is 2.06. The minimum absolute atomic E-state index is 0.0424. The molecule has 0 radical (unpaired) electrons. The van der Waals surface area contributed by atoms with Gasteiger partial charge in [-0.15, -0.1) is 11.8 Å². The summed E-state index contributed by atoms with van der Waals surface area (Å²) in [4.78, 5) is 29.7. The number of thioether (sulfide) groups is 1. The largest absolute Gasteiger partial charge is 0.494 e. The summed E-state index contributed by atoms with van der Waals surface area (Å²) < 4.78 is 1.96. The molecule has 0 amide bonds. The number of aromatic nitrogens is 2. The van der Waals surface area contributed by atoms with E-state index in [9.17, 15) is 14.7 Å². The van der Waals surface area contributed by atoms with Crippen LogP contribution < -0.4 is 11.2 Å². The molecule has 2 aromatic carbocycles. The van der Waals surface area contributed by atoms with Crippen molar-refractivity contribution in [1.82, 2.24) is 9.13 Å². The topological polar surface area (TPSA) is 76.6 Å². The van der Waals surface area contributed by atoms with Crippen LogP contribution in [0.1, 0.15) is 23.6 Å². The second-order valence-corrected chi connectivity index (χ2v) is 8.67. The molecule has 3 rings (SSSR count). The summed E-state index contributed by atoms with van der Waals surface area (Å²) >= 11 is 13.5. The molecule has 0 spiro atoms. The van der Waals surface area contributed by atoms with E-state index < -0.39 is 17.1 Å². The highest BCUT2D eigenvalue weighted by Gasteiger charge is 2.21. The van der Waals surface area contributed by atoms with Gasteiger partial charge in [0.05, 0.1) is 5.69 Å². The molecule has 1 aromatic heterocycles. The van der Waals surface area contributed by atoms with Crippen molar-refractivity contribution in [3.05, 3.63) is 90.0 Å². The average molecular weight is 478 g/mol. The maximum Gasteiger partial charge on any atom is 0.333 e. The Morgan fingerprint density at radius 1 is 1.06 bits per heavy atom. The van der Waals surface area contributed by atoms with Gasteiger partial charge in [0.25, 0.3) is 5.56 Å². The second kappa shape index (κ2) is 9.77. The smallest absolute Gasteiger partial charge is 0.333 e. The number of hydrogen-bond donors (Lipinski definition) is 1. The summed E-state index contributed by atoms with van der Waals surface area (Å²) in [5.74, 6) is -0.0560. The standard InChI is InChI=1S/C22H21Cl2N3O3S/c1-4-13-5-9-16(10-6-13)25-19(31-12-14-7-8-15(23)11-17(14)24)18-20(28)26(2)22(30)27(3)21(18)29/h5-11,28H,4,12H2,1-3H3. The van der Waals surface area contributed by atoms with Gasteiger partial charge in [-0.2, -0.15) is 0 Å². The van der Waals surface area contributed by atoms with Crippen molar-refractivity contribution in [2.24, 2.45) is 19.1 Å². The lowest BCUT2D eigenvalue weighted by atomic mass is 10.1. The molecule has 0 bridgehead atoms. The van der Waals surface area contributed by atoms with Crippen molar-refractivity contribution in [3.63, 3.8) is 0 Å². The lowest BCUT2D eigenvalue weighted by molar-refractivity contribution is 0.410. The monoisotopic (exact) mass is 477 g/mol. The summed E-state index contributed by atoms with van der Waals surface area (Å²) in [5.41, 5.74) is 1.28. The number of aryl methyl sites for hydroxylation is 1. The van der Waals surface area contributed by atoms with Gasteiger partial charge < -0.3 is 5.11 Å². The second-order valence-electron chi connectivity index (χ2n) is 6.87. The van der Waals surface area contributed by atoms with Gasteiger partial charge in [-0.3, -0.25) is 13.9 Å². The third-order valence-electron chi connectivity index (χ3n) is 4.80. The molecule has 9 heteroatoms. The van der Waals surface area contributed by atoms with E-state index in [2.05, 4.69) is 11.9 Å². The van der Waals surface area contributed by atoms with Crippen molar-refractivity contribution in [2.75, 3.05) is 0 Å². The molecule has 0 aliphatic carbocycles. The molecule has 0 fully saturated rings. The fourth-order valence-corrected chi connectivity index (χ4v) is 4.48. The van der Waals surface area contributed by atoms with E-state index >= 15 is 0 Å². The van der Waals surface area contributed by atoms with Crippen LogP contribution in [0.15, 0.2) is 57.0 Å². The maximum atomic E-state index is 12.9. The predicted octanol–water partition coefficient (Wildman–Crippen LogP) is 4.67. The Labute approximate surface area is 193 Å². The van der Waals surface area contributed by atoms with Crippen molar-refractivity contribution >= 4 is 45.7 Å². The molecule has 0 unspecified atom stereocenters. The molecule has 0 saturated heterocycles. The minimum Gasteiger partial charge on any atom is -0.494 e. The Morgan fingerprint density at radius 2 is 1.74 bits per heavy atom. The predicted molar refractivity (Wildman–Crippen MR) is 128 cm³/mol. The normalized spacial score (nSPS) is 11.7. The third kappa shape index (κ3) is 5.06. The summed E-state index contributed by atoms with van der Waals surface area (Å²) in [7, 11) is 2.76. The number of hydrogen-bond acceptors (Lipinski definition) is 5. The highest BCUT2D eigenvalue weighted by molar-refractivity contribution is 8.13. The Bertz CT molecular complexity index is 1260. The van der Waals surface area contributed by atoms with Crippen LogP contribution >= 0.6 is 35.0 Å². The first-order valence-electron chi connectivity index (χ1n) is 9.46. The lowest BCUT2D eigenvalue weighted by Gasteiger charge is -2.13. The fourth-order valence-electron chi connectivity index (χ4n) is 2.89. The Hall–Kier alpha value is -2.48. The quantitative estimate of drug-likeness (QED) is 0.427. The Balaban J connectivity index is 2.11. The van der Waals surface area contributed by atoms with Gasteiger partial charge in [-0.25, -0.2) is 9.79 Å². The maximum absolute atomic E-state index is 12.9. The van der Waals surface area contributed by atoms with Gasteiger partial charge in [0.2, 0.25) is 5.88 Å². The molecule has 162 valence electrons. The van der Waals surface area contributed by atoms with Crippen LogP contribution in [-0.4, -0.2) is 19.3 Å². The molecule has 0 aliphatic rings. The number of benzene rings is 2. The lowest BCUT2D eigenvalue weighted by Crippen LogP contribution is -2.39. The highest BCUT2D eigenvalue weighted by atomic mass is 35.5. The van der Waals surface area contributed by atoms with Crippen molar-refractivity contribution < 1.29 is 5.11 Å². The number of aliphatic imine (C=N–C) groups is 1. The molecule has 31 heavy (non-hydrogen) atoms. The number of aromatic hydroxyl groups is 1. The van der Waals surface area contributed by atoms with Crippen LogP contribution in [0.25, 0.3) is 0 Å². The summed E-state index contributed by atoms with van der Waals surface area (Å²) in [6.07, 6.45) is 0.892. The number of nitrogens with zero attached hydrogens (tertiary/aromatic N) is 3. The van der Waals surface area contributed by atoms with Crippen molar-refractivity contribution in [2.45, 2.75) is 19.1 Å². The van der Waals surface area contributed by atoms with Crippen LogP contribution in [0, 0.1) is 0 Å².